The summed E-state index contributed by atoms with van der Waals surface area (Å²) < 4.78 is 5.18. The van der Waals surface area contributed by atoms with Crippen LogP contribution >= 0.6 is 11.8 Å². The summed E-state index contributed by atoms with van der Waals surface area (Å²) in [5.74, 6) is -0.981. The van der Waals surface area contributed by atoms with Crippen LogP contribution in [-0.2, 0) is 4.79 Å². The Morgan fingerprint density at radius 3 is 2.91 bits per heavy atom. The summed E-state index contributed by atoms with van der Waals surface area (Å²) in [7, 11) is 0. The molecule has 0 atom stereocenters. The van der Waals surface area contributed by atoms with Crippen LogP contribution in [0.1, 0.15) is 21.7 Å². The normalized spacial score (nSPS) is 17.7. The zero-order valence-electron chi connectivity index (χ0n) is 12.0. The van der Waals surface area contributed by atoms with Gasteiger partial charge in [-0.25, -0.2) is 4.99 Å². The lowest BCUT2D eigenvalue weighted by Gasteiger charge is -2.06. The van der Waals surface area contributed by atoms with Crippen molar-refractivity contribution in [1.82, 2.24) is 5.32 Å². The van der Waals surface area contributed by atoms with E-state index in [0.29, 0.717) is 21.5 Å². The van der Waals surface area contributed by atoms with Crippen LogP contribution in [0, 0.1) is 6.92 Å². The van der Waals surface area contributed by atoms with Crippen molar-refractivity contribution in [3.8, 4) is 0 Å². The minimum absolute atomic E-state index is 0.0376. The van der Waals surface area contributed by atoms with Crippen molar-refractivity contribution in [3.05, 3.63) is 58.4 Å². The van der Waals surface area contributed by atoms with Gasteiger partial charge in [0.25, 0.3) is 5.91 Å². The second-order valence-electron chi connectivity index (χ2n) is 4.79. The van der Waals surface area contributed by atoms with Crippen LogP contribution in [0.4, 0.5) is 5.69 Å². The number of nitrogens with one attached hydrogen (secondary N) is 1. The topological polar surface area (TPSA) is 94.7 Å². The Morgan fingerprint density at radius 2 is 2.22 bits per heavy atom. The van der Waals surface area contributed by atoms with Gasteiger partial charge in [-0.1, -0.05) is 12.1 Å². The van der Waals surface area contributed by atoms with Gasteiger partial charge < -0.3 is 19.6 Å². The number of thioether (sulfide) groups is 1. The van der Waals surface area contributed by atoms with Gasteiger partial charge in [-0.15, -0.1) is 0 Å². The molecule has 2 aromatic rings. The van der Waals surface area contributed by atoms with Gasteiger partial charge in [0.05, 0.1) is 22.8 Å². The van der Waals surface area contributed by atoms with Crippen LogP contribution in [0.15, 0.2) is 50.9 Å². The molecular weight excluding hydrogens is 316 g/mol. The first-order valence-corrected chi connectivity index (χ1v) is 7.49. The molecule has 0 spiro atoms. The predicted octanol–water partition coefficient (Wildman–Crippen LogP) is 1.84. The molecular formula is C16H11N2O4S-. The summed E-state index contributed by atoms with van der Waals surface area (Å²) in [6.07, 6.45) is 3.14. The van der Waals surface area contributed by atoms with Crippen molar-refractivity contribution >= 4 is 40.6 Å². The number of furan rings is 1. The average Bonchev–Trinajstić information content (AvgIpc) is 3.12. The number of amidine groups is 1. The highest BCUT2D eigenvalue weighted by Gasteiger charge is 2.24. The van der Waals surface area contributed by atoms with Crippen LogP contribution in [0.5, 0.6) is 0 Å². The number of aromatic carboxylic acids is 1. The highest BCUT2D eigenvalue weighted by Crippen LogP contribution is 2.29. The van der Waals surface area contributed by atoms with Gasteiger partial charge in [-0.05, 0) is 48.0 Å². The molecule has 0 radical (unpaired) electrons. The molecule has 1 aliphatic heterocycles. The molecule has 0 bridgehead atoms. The van der Waals surface area contributed by atoms with E-state index in [1.54, 1.807) is 31.2 Å². The first-order valence-electron chi connectivity index (χ1n) is 6.68. The Kier molecular flexibility index (Phi) is 4.03. The summed E-state index contributed by atoms with van der Waals surface area (Å²) in [4.78, 5) is 27.6. The third-order valence-corrected chi connectivity index (χ3v) is 4.04. The molecule has 1 aliphatic rings. The number of carboxylic acids is 1. The number of amides is 1. The lowest BCUT2D eigenvalue weighted by Crippen LogP contribution is -2.22. The Morgan fingerprint density at radius 1 is 1.39 bits per heavy atom. The molecule has 23 heavy (non-hydrogen) atoms. The number of carboxylic acid groups (broad SMARTS) is 1. The summed E-state index contributed by atoms with van der Waals surface area (Å²) in [5.41, 5.74) is 1.30. The molecule has 1 N–H and O–H groups in total. The summed E-state index contributed by atoms with van der Waals surface area (Å²) >= 11 is 1.16. The third-order valence-electron chi connectivity index (χ3n) is 3.13. The van der Waals surface area contributed by atoms with Gasteiger partial charge in [0.2, 0.25) is 0 Å². The van der Waals surface area contributed by atoms with Gasteiger partial charge in [0.1, 0.15) is 5.76 Å². The molecule has 0 aliphatic carbocycles. The molecule has 1 saturated heterocycles. The number of nitrogens with zero attached hydrogens (tertiary/aromatic N) is 1. The molecule has 2 heterocycles. The summed E-state index contributed by atoms with van der Waals surface area (Å²) in [6.45, 7) is 1.81. The zero-order valence-corrected chi connectivity index (χ0v) is 12.8. The van der Waals surface area contributed by atoms with E-state index in [4.69, 9.17) is 4.42 Å². The minimum Gasteiger partial charge on any atom is -0.545 e. The summed E-state index contributed by atoms with van der Waals surface area (Å²) in [5, 5.41) is 14.0. The van der Waals surface area contributed by atoms with Crippen molar-refractivity contribution in [2.24, 2.45) is 4.99 Å². The lowest BCUT2D eigenvalue weighted by molar-refractivity contribution is -0.255. The maximum Gasteiger partial charge on any atom is 0.264 e. The SMILES string of the molecule is Cc1ccc(C(=O)[O-])cc1N=C1NC(=O)C(=Cc2ccco2)S1. The number of carbonyl (C=O) groups is 2. The van der Waals surface area contributed by atoms with Crippen molar-refractivity contribution in [2.45, 2.75) is 6.92 Å². The van der Waals surface area contributed by atoms with Crippen LogP contribution < -0.4 is 10.4 Å². The monoisotopic (exact) mass is 327 g/mol. The smallest absolute Gasteiger partial charge is 0.264 e. The lowest BCUT2D eigenvalue weighted by atomic mass is 10.1. The van der Waals surface area contributed by atoms with E-state index in [0.717, 1.165) is 17.3 Å². The Hall–Kier alpha value is -2.80. The Bertz CT molecular complexity index is 838. The molecule has 7 heteroatoms. The van der Waals surface area contributed by atoms with E-state index in [-0.39, 0.29) is 11.5 Å². The van der Waals surface area contributed by atoms with Gasteiger partial charge in [0.15, 0.2) is 5.17 Å². The second-order valence-corrected chi connectivity index (χ2v) is 5.82. The number of rotatable bonds is 3. The van der Waals surface area contributed by atoms with Gasteiger partial charge in [0, 0.05) is 6.08 Å². The number of hydrogen-bond acceptors (Lipinski definition) is 6. The van der Waals surface area contributed by atoms with Crippen LogP contribution in [0.2, 0.25) is 0 Å². The molecule has 1 amide bonds. The molecule has 3 rings (SSSR count). The van der Waals surface area contributed by atoms with Crippen LogP contribution in [0.25, 0.3) is 6.08 Å². The first kappa shape index (κ1) is 15.1. The van der Waals surface area contributed by atoms with Crippen molar-refractivity contribution in [3.63, 3.8) is 0 Å². The number of aliphatic imine (C=N–C) groups is 1. The van der Waals surface area contributed by atoms with E-state index in [1.807, 2.05) is 0 Å². The van der Waals surface area contributed by atoms with Crippen LogP contribution in [-0.4, -0.2) is 17.0 Å². The molecule has 1 fully saturated rings. The van der Waals surface area contributed by atoms with E-state index >= 15 is 0 Å². The summed E-state index contributed by atoms with van der Waals surface area (Å²) in [6, 6.07) is 7.98. The van der Waals surface area contributed by atoms with E-state index in [9.17, 15) is 14.7 Å². The Balaban J connectivity index is 1.89. The van der Waals surface area contributed by atoms with E-state index < -0.39 is 5.97 Å². The maximum absolute atomic E-state index is 11.9. The third kappa shape index (κ3) is 3.35. The number of hydrogen-bond donors (Lipinski definition) is 1. The fourth-order valence-corrected chi connectivity index (χ4v) is 2.76. The largest absolute Gasteiger partial charge is 0.545 e. The average molecular weight is 327 g/mol. The van der Waals surface area contributed by atoms with Crippen molar-refractivity contribution in [2.75, 3.05) is 0 Å². The van der Waals surface area contributed by atoms with Gasteiger partial charge in [-0.3, -0.25) is 4.79 Å². The van der Waals surface area contributed by atoms with Gasteiger partial charge in [-0.2, -0.15) is 0 Å². The van der Waals surface area contributed by atoms with E-state index in [1.165, 1.54) is 18.4 Å². The molecule has 116 valence electrons. The standard InChI is InChI=1S/C16H12N2O4S/c1-9-4-5-10(15(20)21)7-12(9)17-16-18-14(19)13(23-16)8-11-3-2-6-22-11/h2-8H,1H3,(H,20,21)(H,17,18,19)/p-1. The zero-order chi connectivity index (χ0) is 16.4. The van der Waals surface area contributed by atoms with Crippen molar-refractivity contribution < 1.29 is 19.1 Å². The quantitative estimate of drug-likeness (QED) is 0.868. The second kappa shape index (κ2) is 6.13. The fourth-order valence-electron chi connectivity index (χ4n) is 1.95. The van der Waals surface area contributed by atoms with Gasteiger partial charge >= 0.3 is 0 Å². The Labute approximate surface area is 135 Å². The molecule has 0 unspecified atom stereocenters. The first-order chi connectivity index (χ1) is 11.0. The maximum atomic E-state index is 11.9. The number of carbonyl (C=O) groups excluding carboxylic acids is 2. The molecule has 0 saturated carbocycles. The van der Waals surface area contributed by atoms with Crippen molar-refractivity contribution in [1.29, 1.82) is 0 Å². The van der Waals surface area contributed by atoms with E-state index in [2.05, 4.69) is 10.3 Å². The number of benzene rings is 1. The minimum atomic E-state index is -1.27. The highest BCUT2D eigenvalue weighted by molar-refractivity contribution is 8.18. The molecule has 1 aromatic carbocycles. The number of aryl methyl sites for hydroxylation is 1. The highest BCUT2D eigenvalue weighted by atomic mass is 32.2. The fraction of sp³-hybridized carbons (Fsp3) is 0.0625. The van der Waals surface area contributed by atoms with Crippen LogP contribution in [0.3, 0.4) is 0 Å². The predicted molar refractivity (Wildman–Crippen MR) is 85.0 cm³/mol. The molecule has 6 nitrogen and oxygen atoms in total. The molecule has 1 aromatic heterocycles.